The van der Waals surface area contributed by atoms with Crippen molar-refractivity contribution in [1.82, 2.24) is 14.5 Å². The maximum absolute atomic E-state index is 12.4. The zero-order valence-electron chi connectivity index (χ0n) is 12.9. The van der Waals surface area contributed by atoms with Crippen LogP contribution in [0.15, 0.2) is 0 Å². The van der Waals surface area contributed by atoms with Gasteiger partial charge in [-0.2, -0.15) is 0 Å². The van der Waals surface area contributed by atoms with E-state index in [1.165, 1.54) is 16.1 Å². The lowest BCUT2D eigenvalue weighted by atomic mass is 9.98. The fraction of sp³-hybridized carbons (Fsp3) is 0.923. The summed E-state index contributed by atoms with van der Waals surface area (Å²) in [6.07, 6.45) is 1.71. The Labute approximate surface area is 122 Å². The maximum atomic E-state index is 12.4. The van der Waals surface area contributed by atoms with Crippen molar-refractivity contribution < 1.29 is 13.2 Å². The summed E-state index contributed by atoms with van der Waals surface area (Å²) in [5.41, 5.74) is 0. The molecule has 1 aliphatic rings. The molecule has 1 rings (SSSR count). The average Bonchev–Trinajstić information content (AvgIpc) is 2.43. The lowest BCUT2D eigenvalue weighted by Gasteiger charge is -2.33. The van der Waals surface area contributed by atoms with Gasteiger partial charge >= 0.3 is 0 Å². The summed E-state index contributed by atoms with van der Waals surface area (Å²) < 4.78 is 26.3. The average molecular weight is 305 g/mol. The third-order valence-electron chi connectivity index (χ3n) is 3.85. The van der Waals surface area contributed by atoms with Crippen molar-refractivity contribution in [2.24, 2.45) is 5.92 Å². The number of carbonyl (C=O) groups is 1. The number of rotatable bonds is 6. The van der Waals surface area contributed by atoms with Gasteiger partial charge in [-0.15, -0.1) is 0 Å². The van der Waals surface area contributed by atoms with Crippen molar-refractivity contribution >= 4 is 15.9 Å². The van der Waals surface area contributed by atoms with E-state index >= 15 is 0 Å². The van der Waals surface area contributed by atoms with Gasteiger partial charge in [-0.3, -0.25) is 4.79 Å². The van der Waals surface area contributed by atoms with Crippen molar-refractivity contribution in [2.75, 3.05) is 40.3 Å². The van der Waals surface area contributed by atoms with Crippen LogP contribution in [0.2, 0.25) is 0 Å². The number of carbonyl (C=O) groups excluding carboxylic acids is 1. The monoisotopic (exact) mass is 305 g/mol. The normalized spacial score (nSPS) is 19.8. The summed E-state index contributed by atoms with van der Waals surface area (Å²) in [5, 5.41) is 2.30. The molecule has 1 heterocycles. The molecule has 0 bridgehead atoms. The van der Waals surface area contributed by atoms with Gasteiger partial charge in [-0.05, 0) is 38.8 Å². The molecule has 1 aliphatic heterocycles. The molecule has 0 aromatic carbocycles. The minimum Gasteiger partial charge on any atom is -0.348 e. The Balaban J connectivity index is 2.61. The van der Waals surface area contributed by atoms with Crippen LogP contribution in [0.5, 0.6) is 0 Å². The summed E-state index contributed by atoms with van der Waals surface area (Å²) in [6, 6.07) is 0. The number of hydrogen-bond acceptors (Lipinski definition) is 4. The zero-order chi connectivity index (χ0) is 15.3. The van der Waals surface area contributed by atoms with Crippen LogP contribution in [0.3, 0.4) is 0 Å². The Kier molecular flexibility index (Phi) is 6.42. The molecule has 0 aromatic rings. The van der Waals surface area contributed by atoms with E-state index in [0.29, 0.717) is 19.0 Å². The van der Waals surface area contributed by atoms with Crippen molar-refractivity contribution in [3.05, 3.63) is 0 Å². The molecule has 20 heavy (non-hydrogen) atoms. The largest absolute Gasteiger partial charge is 0.348 e. The standard InChI is InChI=1S/C13H27N3O3S/c1-5-14-10-12-6-8-16(9-7-12)20(18,19)11(2)13(17)15(3)4/h11-12,14H,5-10H2,1-4H3. The number of nitrogens with zero attached hydrogens (tertiary/aromatic N) is 2. The Hall–Kier alpha value is -0.660. The molecule has 1 N–H and O–H groups in total. The summed E-state index contributed by atoms with van der Waals surface area (Å²) >= 11 is 0. The second kappa shape index (κ2) is 7.38. The van der Waals surface area contributed by atoms with Gasteiger partial charge in [0.2, 0.25) is 15.9 Å². The van der Waals surface area contributed by atoms with Crippen molar-refractivity contribution in [1.29, 1.82) is 0 Å². The van der Waals surface area contributed by atoms with E-state index in [1.807, 2.05) is 0 Å². The van der Waals surface area contributed by atoms with Crippen LogP contribution < -0.4 is 5.32 Å². The van der Waals surface area contributed by atoms with Gasteiger partial charge in [0.1, 0.15) is 0 Å². The maximum Gasteiger partial charge on any atom is 0.241 e. The van der Waals surface area contributed by atoms with Crippen LogP contribution in [0, 0.1) is 5.92 Å². The number of amides is 1. The van der Waals surface area contributed by atoms with E-state index in [1.54, 1.807) is 14.1 Å². The van der Waals surface area contributed by atoms with E-state index in [-0.39, 0.29) is 5.91 Å². The fourth-order valence-electron chi connectivity index (χ4n) is 2.43. The number of nitrogens with one attached hydrogen (secondary N) is 1. The van der Waals surface area contributed by atoms with Crippen molar-refractivity contribution in [2.45, 2.75) is 31.9 Å². The molecule has 1 unspecified atom stereocenters. The molecule has 1 saturated heterocycles. The molecule has 0 radical (unpaired) electrons. The first kappa shape index (κ1) is 17.4. The highest BCUT2D eigenvalue weighted by atomic mass is 32.2. The molecular weight excluding hydrogens is 278 g/mol. The molecule has 7 heteroatoms. The SMILES string of the molecule is CCNCC1CCN(S(=O)(=O)C(C)C(=O)N(C)C)CC1. The molecule has 6 nitrogen and oxygen atoms in total. The van der Waals surface area contributed by atoms with E-state index in [9.17, 15) is 13.2 Å². The van der Waals surface area contributed by atoms with Crippen LogP contribution in [0.25, 0.3) is 0 Å². The molecule has 0 spiro atoms. The zero-order valence-corrected chi connectivity index (χ0v) is 13.7. The fourth-order valence-corrected chi connectivity index (χ4v) is 4.06. The van der Waals surface area contributed by atoms with Crippen LogP contribution >= 0.6 is 0 Å². The third-order valence-corrected chi connectivity index (χ3v) is 6.03. The van der Waals surface area contributed by atoms with Crippen LogP contribution in [0.4, 0.5) is 0 Å². The van der Waals surface area contributed by atoms with Gasteiger partial charge in [0.05, 0.1) is 0 Å². The van der Waals surface area contributed by atoms with Gasteiger partial charge < -0.3 is 10.2 Å². The molecular formula is C13H27N3O3S. The predicted molar refractivity (Wildman–Crippen MR) is 79.9 cm³/mol. The number of piperidine rings is 1. The molecule has 1 amide bonds. The minimum absolute atomic E-state index is 0.361. The van der Waals surface area contributed by atoms with E-state index < -0.39 is 15.3 Å². The first-order valence-corrected chi connectivity index (χ1v) is 8.71. The minimum atomic E-state index is -3.53. The Morgan fingerprint density at radius 3 is 2.35 bits per heavy atom. The predicted octanol–water partition coefficient (Wildman–Crippen LogP) is 0.114. The first-order valence-electron chi connectivity index (χ1n) is 7.21. The molecule has 0 saturated carbocycles. The van der Waals surface area contributed by atoms with Crippen molar-refractivity contribution in [3.63, 3.8) is 0 Å². The molecule has 1 atom stereocenters. The Morgan fingerprint density at radius 2 is 1.90 bits per heavy atom. The second-order valence-corrected chi connectivity index (χ2v) is 7.82. The molecule has 0 aliphatic carbocycles. The molecule has 1 fully saturated rings. The topological polar surface area (TPSA) is 69.7 Å². The lowest BCUT2D eigenvalue weighted by Crippen LogP contribution is -2.48. The lowest BCUT2D eigenvalue weighted by molar-refractivity contribution is -0.128. The van der Waals surface area contributed by atoms with Gasteiger partial charge in [0, 0.05) is 27.2 Å². The van der Waals surface area contributed by atoms with E-state index in [2.05, 4.69) is 12.2 Å². The highest BCUT2D eigenvalue weighted by molar-refractivity contribution is 7.90. The highest BCUT2D eigenvalue weighted by Gasteiger charge is 2.36. The second-order valence-electron chi connectivity index (χ2n) is 5.57. The summed E-state index contributed by atoms with van der Waals surface area (Å²) in [6.45, 7) is 6.45. The highest BCUT2D eigenvalue weighted by Crippen LogP contribution is 2.21. The van der Waals surface area contributed by atoms with E-state index in [4.69, 9.17) is 0 Å². The van der Waals surface area contributed by atoms with E-state index in [0.717, 1.165) is 25.9 Å². The van der Waals surface area contributed by atoms with Crippen molar-refractivity contribution in [3.8, 4) is 0 Å². The van der Waals surface area contributed by atoms with Gasteiger partial charge in [0.25, 0.3) is 0 Å². The van der Waals surface area contributed by atoms with Gasteiger partial charge in [-0.25, -0.2) is 12.7 Å². The Bertz CT molecular complexity index is 415. The van der Waals surface area contributed by atoms with Crippen LogP contribution in [0.1, 0.15) is 26.7 Å². The van der Waals surface area contributed by atoms with Crippen LogP contribution in [-0.2, 0) is 14.8 Å². The first-order chi connectivity index (χ1) is 9.30. The van der Waals surface area contributed by atoms with Gasteiger partial charge in [0.15, 0.2) is 5.25 Å². The molecule has 118 valence electrons. The summed E-state index contributed by atoms with van der Waals surface area (Å²) in [4.78, 5) is 13.2. The molecule has 0 aromatic heterocycles. The van der Waals surface area contributed by atoms with Gasteiger partial charge in [-0.1, -0.05) is 6.92 Å². The Morgan fingerprint density at radius 1 is 1.35 bits per heavy atom. The summed E-state index contributed by atoms with van der Waals surface area (Å²) in [7, 11) is -0.368. The summed E-state index contributed by atoms with van der Waals surface area (Å²) in [5.74, 6) is 0.168. The quantitative estimate of drug-likeness (QED) is 0.756. The van der Waals surface area contributed by atoms with Crippen LogP contribution in [-0.4, -0.2) is 69.1 Å². The number of sulfonamides is 1. The third kappa shape index (κ3) is 4.17. The number of hydrogen-bond donors (Lipinski definition) is 1. The smallest absolute Gasteiger partial charge is 0.241 e.